The maximum Gasteiger partial charge on any atom is 0.334 e. The summed E-state index contributed by atoms with van der Waals surface area (Å²) in [5.74, 6) is 0.833. The lowest BCUT2D eigenvalue weighted by Gasteiger charge is -2.11. The third-order valence-corrected chi connectivity index (χ3v) is 2.89. The van der Waals surface area contributed by atoms with Crippen molar-refractivity contribution in [2.24, 2.45) is 11.8 Å². The van der Waals surface area contributed by atoms with Crippen LogP contribution < -0.4 is 0 Å². The molecule has 0 aromatic carbocycles. The molecule has 1 fully saturated rings. The lowest BCUT2D eigenvalue weighted by atomic mass is 9.99. The number of aliphatic hydroxyl groups excluding tert-OH is 1. The fourth-order valence-corrected chi connectivity index (χ4v) is 2.30. The second kappa shape index (κ2) is 3.50. The minimum absolute atomic E-state index is 0.0902. The normalized spacial score (nSPS) is 30.4. The van der Waals surface area contributed by atoms with Gasteiger partial charge in [0, 0.05) is 5.57 Å². The van der Waals surface area contributed by atoms with Crippen molar-refractivity contribution in [1.82, 2.24) is 0 Å². The summed E-state index contributed by atoms with van der Waals surface area (Å²) in [4.78, 5) is 11.4. The zero-order valence-corrected chi connectivity index (χ0v) is 7.53. The van der Waals surface area contributed by atoms with Crippen molar-refractivity contribution in [3.63, 3.8) is 0 Å². The average molecular weight is 182 g/mol. The maximum atomic E-state index is 11.4. The molecule has 3 heteroatoms. The quantitative estimate of drug-likeness (QED) is 0.659. The van der Waals surface area contributed by atoms with Gasteiger partial charge in [-0.25, -0.2) is 4.79 Å². The van der Waals surface area contributed by atoms with Gasteiger partial charge in [0.15, 0.2) is 0 Å². The maximum absolute atomic E-state index is 11.4. The molecule has 0 heterocycles. The lowest BCUT2D eigenvalue weighted by Crippen LogP contribution is -2.15. The van der Waals surface area contributed by atoms with Gasteiger partial charge in [0.1, 0.15) is 6.61 Å². The summed E-state index contributed by atoms with van der Waals surface area (Å²) in [5, 5.41) is 8.49. The van der Waals surface area contributed by atoms with Crippen LogP contribution in [0.2, 0.25) is 0 Å². The van der Waals surface area contributed by atoms with Crippen molar-refractivity contribution in [2.75, 3.05) is 13.2 Å². The van der Waals surface area contributed by atoms with Crippen molar-refractivity contribution < 1.29 is 14.6 Å². The van der Waals surface area contributed by atoms with Crippen LogP contribution in [0.4, 0.5) is 0 Å². The SMILES string of the molecule is O=C(OCCO)C1=CC2CCC1C2. The summed E-state index contributed by atoms with van der Waals surface area (Å²) in [5.41, 5.74) is 0.852. The number of esters is 1. The molecule has 2 unspecified atom stereocenters. The first-order chi connectivity index (χ1) is 6.31. The number of ether oxygens (including phenoxy) is 1. The Morgan fingerprint density at radius 2 is 2.46 bits per heavy atom. The number of hydrogen-bond acceptors (Lipinski definition) is 3. The Balaban J connectivity index is 1.94. The van der Waals surface area contributed by atoms with Gasteiger partial charge in [0.05, 0.1) is 6.61 Å². The second-order valence-electron chi connectivity index (χ2n) is 3.75. The third kappa shape index (κ3) is 1.61. The molecule has 0 aromatic rings. The highest BCUT2D eigenvalue weighted by molar-refractivity contribution is 5.89. The molecule has 0 aliphatic heterocycles. The van der Waals surface area contributed by atoms with E-state index in [1.54, 1.807) is 0 Å². The molecule has 72 valence electrons. The molecule has 0 saturated heterocycles. The van der Waals surface area contributed by atoms with E-state index in [0.29, 0.717) is 11.8 Å². The van der Waals surface area contributed by atoms with Crippen molar-refractivity contribution in [3.05, 3.63) is 11.6 Å². The first-order valence-corrected chi connectivity index (χ1v) is 4.81. The molecule has 13 heavy (non-hydrogen) atoms. The van der Waals surface area contributed by atoms with Crippen LogP contribution in [0.1, 0.15) is 19.3 Å². The van der Waals surface area contributed by atoms with Crippen molar-refractivity contribution in [2.45, 2.75) is 19.3 Å². The highest BCUT2D eigenvalue weighted by Crippen LogP contribution is 2.43. The predicted molar refractivity (Wildman–Crippen MR) is 47.0 cm³/mol. The van der Waals surface area contributed by atoms with Gasteiger partial charge >= 0.3 is 5.97 Å². The van der Waals surface area contributed by atoms with E-state index in [1.807, 2.05) is 6.08 Å². The smallest absolute Gasteiger partial charge is 0.334 e. The fourth-order valence-electron chi connectivity index (χ4n) is 2.30. The Labute approximate surface area is 77.4 Å². The van der Waals surface area contributed by atoms with E-state index in [1.165, 1.54) is 6.42 Å². The zero-order valence-electron chi connectivity index (χ0n) is 7.53. The van der Waals surface area contributed by atoms with Gasteiger partial charge in [-0.3, -0.25) is 0 Å². The Kier molecular flexibility index (Phi) is 2.36. The highest BCUT2D eigenvalue weighted by atomic mass is 16.5. The van der Waals surface area contributed by atoms with E-state index in [-0.39, 0.29) is 19.2 Å². The Morgan fingerprint density at radius 1 is 1.62 bits per heavy atom. The molecule has 1 saturated carbocycles. The summed E-state index contributed by atoms with van der Waals surface area (Å²) < 4.78 is 4.87. The van der Waals surface area contributed by atoms with Crippen LogP contribution in [0.25, 0.3) is 0 Å². The highest BCUT2D eigenvalue weighted by Gasteiger charge is 2.36. The van der Waals surface area contributed by atoms with Crippen LogP contribution in [0.3, 0.4) is 0 Å². The fraction of sp³-hybridized carbons (Fsp3) is 0.700. The summed E-state index contributed by atoms with van der Waals surface area (Å²) in [7, 11) is 0. The second-order valence-corrected chi connectivity index (χ2v) is 3.75. The van der Waals surface area contributed by atoms with Gasteiger partial charge in [-0.15, -0.1) is 0 Å². The molecule has 0 spiro atoms. The van der Waals surface area contributed by atoms with E-state index in [2.05, 4.69) is 0 Å². The number of carbonyl (C=O) groups excluding carboxylic acids is 1. The van der Waals surface area contributed by atoms with E-state index in [4.69, 9.17) is 9.84 Å². The largest absolute Gasteiger partial charge is 0.460 e. The summed E-state index contributed by atoms with van der Waals surface area (Å²) >= 11 is 0. The average Bonchev–Trinajstić information content (AvgIpc) is 2.74. The molecule has 0 radical (unpaired) electrons. The Bertz CT molecular complexity index is 245. The van der Waals surface area contributed by atoms with Gasteiger partial charge in [0.2, 0.25) is 0 Å². The minimum Gasteiger partial charge on any atom is -0.460 e. The minimum atomic E-state index is -0.221. The molecular weight excluding hydrogens is 168 g/mol. The van der Waals surface area contributed by atoms with Crippen LogP contribution in [0, 0.1) is 11.8 Å². The standard InChI is InChI=1S/C10H14O3/c11-3-4-13-10(12)9-6-7-1-2-8(9)5-7/h6-8,11H,1-5H2. The van der Waals surface area contributed by atoms with Gasteiger partial charge in [-0.2, -0.15) is 0 Å². The topological polar surface area (TPSA) is 46.5 Å². The number of carbonyl (C=O) groups is 1. The summed E-state index contributed by atoms with van der Waals surface area (Å²) in [6, 6.07) is 0. The van der Waals surface area contributed by atoms with Crippen LogP contribution in [0.5, 0.6) is 0 Å². The molecule has 2 rings (SSSR count). The van der Waals surface area contributed by atoms with Crippen LogP contribution >= 0.6 is 0 Å². The molecule has 0 aromatic heterocycles. The first-order valence-electron chi connectivity index (χ1n) is 4.81. The van der Waals surface area contributed by atoms with Crippen LogP contribution in [-0.2, 0) is 9.53 Å². The number of aliphatic hydroxyl groups is 1. The number of allylic oxidation sites excluding steroid dienone is 1. The van der Waals surface area contributed by atoms with Gasteiger partial charge < -0.3 is 9.84 Å². The number of hydrogen-bond donors (Lipinski definition) is 1. The molecule has 2 atom stereocenters. The zero-order chi connectivity index (χ0) is 9.26. The third-order valence-electron chi connectivity index (χ3n) is 2.89. The number of fused-ring (bicyclic) bond motifs is 2. The van der Waals surface area contributed by atoms with E-state index in [9.17, 15) is 4.79 Å². The molecule has 0 amide bonds. The van der Waals surface area contributed by atoms with Gasteiger partial charge in [-0.05, 0) is 31.1 Å². The predicted octanol–water partition coefficient (Wildman–Crippen LogP) is 0.878. The Hall–Kier alpha value is -0.830. The van der Waals surface area contributed by atoms with Crippen molar-refractivity contribution in [1.29, 1.82) is 0 Å². The van der Waals surface area contributed by atoms with Crippen LogP contribution in [-0.4, -0.2) is 24.3 Å². The van der Waals surface area contributed by atoms with Gasteiger partial charge in [-0.1, -0.05) is 6.08 Å². The van der Waals surface area contributed by atoms with E-state index < -0.39 is 0 Å². The molecule has 3 nitrogen and oxygen atoms in total. The molecule has 1 N–H and O–H groups in total. The summed E-state index contributed by atoms with van der Waals surface area (Å²) in [6.45, 7) is 0.0284. The number of rotatable bonds is 3. The molecular formula is C10H14O3. The Morgan fingerprint density at radius 3 is 3.00 bits per heavy atom. The van der Waals surface area contributed by atoms with Gasteiger partial charge in [0.25, 0.3) is 0 Å². The molecule has 2 aliphatic carbocycles. The first kappa shape index (κ1) is 8.75. The molecule has 2 bridgehead atoms. The van der Waals surface area contributed by atoms with E-state index in [0.717, 1.165) is 18.4 Å². The van der Waals surface area contributed by atoms with Crippen molar-refractivity contribution >= 4 is 5.97 Å². The lowest BCUT2D eigenvalue weighted by molar-refractivity contribution is -0.140. The summed E-state index contributed by atoms with van der Waals surface area (Å²) in [6.07, 6.45) is 5.53. The molecule has 2 aliphatic rings. The monoisotopic (exact) mass is 182 g/mol. The van der Waals surface area contributed by atoms with E-state index >= 15 is 0 Å². The van der Waals surface area contributed by atoms with Crippen molar-refractivity contribution in [3.8, 4) is 0 Å². The van der Waals surface area contributed by atoms with Crippen LogP contribution in [0.15, 0.2) is 11.6 Å².